The number of pyridine rings is 1. The van der Waals surface area contributed by atoms with Crippen LogP contribution in [0.3, 0.4) is 0 Å². The topological polar surface area (TPSA) is 87.2 Å². The summed E-state index contributed by atoms with van der Waals surface area (Å²) in [5.41, 5.74) is 3.20. The highest BCUT2D eigenvalue weighted by Gasteiger charge is 2.36. The Balaban J connectivity index is 1.53. The van der Waals surface area contributed by atoms with Crippen LogP contribution in [-0.2, 0) is 4.74 Å². The number of aliphatic hydroxyl groups is 1. The van der Waals surface area contributed by atoms with E-state index in [1.165, 1.54) is 4.90 Å². The van der Waals surface area contributed by atoms with Crippen molar-refractivity contribution in [2.75, 3.05) is 62.8 Å². The van der Waals surface area contributed by atoms with Gasteiger partial charge >= 0.3 is 12.2 Å². The number of carbonyl (C=O) groups excluding carboxylic acids is 1. The summed E-state index contributed by atoms with van der Waals surface area (Å²) in [6, 6.07) is 8.82. The van der Waals surface area contributed by atoms with Gasteiger partial charge in [0.25, 0.3) is 0 Å². The highest BCUT2D eigenvalue weighted by atomic mass is 19.4. The molecule has 2 fully saturated rings. The Morgan fingerprint density at radius 1 is 1.22 bits per heavy atom. The van der Waals surface area contributed by atoms with E-state index in [0.29, 0.717) is 50.8 Å². The van der Waals surface area contributed by atoms with E-state index in [0.717, 1.165) is 22.5 Å². The van der Waals surface area contributed by atoms with Gasteiger partial charge in [0.15, 0.2) is 0 Å². The van der Waals surface area contributed by atoms with Crippen molar-refractivity contribution < 1.29 is 32.5 Å². The predicted octanol–water partition coefficient (Wildman–Crippen LogP) is 4.07. The molecule has 0 unspecified atom stereocenters. The van der Waals surface area contributed by atoms with Gasteiger partial charge in [0.05, 0.1) is 19.8 Å². The zero-order valence-corrected chi connectivity index (χ0v) is 20.2. The van der Waals surface area contributed by atoms with E-state index >= 15 is 0 Å². The van der Waals surface area contributed by atoms with E-state index in [2.05, 4.69) is 15.2 Å². The summed E-state index contributed by atoms with van der Waals surface area (Å²) >= 11 is 0. The van der Waals surface area contributed by atoms with Crippen LogP contribution in [0, 0.1) is 12.8 Å². The van der Waals surface area contributed by atoms with Crippen LogP contribution in [0.1, 0.15) is 18.4 Å². The van der Waals surface area contributed by atoms with E-state index in [1.807, 2.05) is 25.1 Å². The van der Waals surface area contributed by atoms with Gasteiger partial charge in [-0.25, -0.2) is 4.79 Å². The van der Waals surface area contributed by atoms with Gasteiger partial charge < -0.3 is 29.7 Å². The van der Waals surface area contributed by atoms with Gasteiger partial charge in [-0.2, -0.15) is 18.2 Å². The SMILES string of the molecule is Cc1ccc(NC(=O)N2CC[C@H](CC(F)(F)F)C2)cc1-c1cc(OCCO)nc(N2CCOCC2)c1. The molecule has 0 aliphatic carbocycles. The molecule has 0 saturated carbocycles. The number of rotatable bonds is 7. The summed E-state index contributed by atoms with van der Waals surface area (Å²) in [4.78, 5) is 20.9. The number of alkyl halides is 3. The summed E-state index contributed by atoms with van der Waals surface area (Å²) < 4.78 is 49.2. The molecule has 2 N–H and O–H groups in total. The number of hydrogen-bond acceptors (Lipinski definition) is 6. The molecule has 36 heavy (non-hydrogen) atoms. The van der Waals surface area contributed by atoms with Crippen molar-refractivity contribution in [2.24, 2.45) is 5.92 Å². The quantitative estimate of drug-likeness (QED) is 0.587. The molecule has 1 aromatic heterocycles. The van der Waals surface area contributed by atoms with Crippen LogP contribution < -0.4 is 15.0 Å². The molecular formula is C25H31F3N4O4. The normalized spacial score (nSPS) is 18.4. The van der Waals surface area contributed by atoms with Crippen molar-refractivity contribution in [1.29, 1.82) is 0 Å². The molecule has 11 heteroatoms. The van der Waals surface area contributed by atoms with Crippen LogP contribution in [0.15, 0.2) is 30.3 Å². The number of aromatic nitrogens is 1. The lowest BCUT2D eigenvalue weighted by Crippen LogP contribution is -2.36. The maximum atomic E-state index is 12.8. The van der Waals surface area contributed by atoms with Gasteiger partial charge in [-0.3, -0.25) is 0 Å². The van der Waals surface area contributed by atoms with Crippen LogP contribution >= 0.6 is 0 Å². The molecular weight excluding hydrogens is 477 g/mol. The Morgan fingerprint density at radius 2 is 2.00 bits per heavy atom. The molecule has 196 valence electrons. The van der Waals surface area contributed by atoms with E-state index in [9.17, 15) is 23.1 Å². The maximum Gasteiger partial charge on any atom is 0.389 e. The molecule has 0 bridgehead atoms. The van der Waals surface area contributed by atoms with Crippen molar-refractivity contribution >= 4 is 17.5 Å². The monoisotopic (exact) mass is 508 g/mol. The molecule has 3 heterocycles. The van der Waals surface area contributed by atoms with Crippen LogP contribution in [0.25, 0.3) is 11.1 Å². The number of likely N-dealkylation sites (tertiary alicyclic amines) is 1. The summed E-state index contributed by atoms with van der Waals surface area (Å²) in [7, 11) is 0. The second kappa shape index (κ2) is 11.3. The second-order valence-electron chi connectivity index (χ2n) is 9.10. The van der Waals surface area contributed by atoms with E-state index < -0.39 is 24.5 Å². The lowest BCUT2D eigenvalue weighted by atomic mass is 10.0. The van der Waals surface area contributed by atoms with Crippen LogP contribution in [-0.4, -0.2) is 79.8 Å². The molecule has 2 amide bonds. The number of benzene rings is 1. The lowest BCUT2D eigenvalue weighted by molar-refractivity contribution is -0.143. The first-order chi connectivity index (χ1) is 17.2. The standard InChI is InChI=1S/C25H31F3N4O4/c1-17-2-3-20(29-24(34)32-5-4-18(16-32)15-25(26,27)28)14-21(17)19-12-22(31-6-9-35-10-7-31)30-23(13-19)36-11-8-33/h2-3,12-14,18,33H,4-11,15-16H2,1H3,(H,29,34)/t18-/m1/s1. The van der Waals surface area contributed by atoms with Gasteiger partial charge in [0.2, 0.25) is 5.88 Å². The molecule has 8 nitrogen and oxygen atoms in total. The number of halogens is 3. The van der Waals surface area contributed by atoms with Gasteiger partial charge in [-0.1, -0.05) is 6.07 Å². The minimum atomic E-state index is -4.23. The molecule has 0 radical (unpaired) electrons. The maximum absolute atomic E-state index is 12.8. The number of ether oxygens (including phenoxy) is 2. The average Bonchev–Trinajstić information content (AvgIpc) is 3.31. The number of nitrogens with one attached hydrogen (secondary N) is 1. The molecule has 2 saturated heterocycles. The molecule has 2 aliphatic heterocycles. The number of anilines is 2. The fourth-order valence-electron chi connectivity index (χ4n) is 4.55. The first kappa shape index (κ1) is 26.0. The highest BCUT2D eigenvalue weighted by molar-refractivity contribution is 5.90. The van der Waals surface area contributed by atoms with Gasteiger partial charge in [0.1, 0.15) is 12.4 Å². The zero-order chi connectivity index (χ0) is 25.7. The first-order valence-corrected chi connectivity index (χ1v) is 12.0. The highest BCUT2D eigenvalue weighted by Crippen LogP contribution is 2.33. The third-order valence-corrected chi connectivity index (χ3v) is 6.36. The molecule has 4 rings (SSSR count). The van der Waals surface area contributed by atoms with Crippen molar-refractivity contribution in [1.82, 2.24) is 9.88 Å². The number of urea groups is 1. The fraction of sp³-hybridized carbons (Fsp3) is 0.520. The molecule has 1 atom stereocenters. The number of morpholine rings is 1. The Kier molecular flexibility index (Phi) is 8.20. The Morgan fingerprint density at radius 3 is 2.72 bits per heavy atom. The van der Waals surface area contributed by atoms with Crippen molar-refractivity contribution in [2.45, 2.75) is 25.9 Å². The van der Waals surface area contributed by atoms with E-state index in [-0.39, 0.29) is 19.8 Å². The van der Waals surface area contributed by atoms with E-state index in [1.54, 1.807) is 12.1 Å². The Bertz CT molecular complexity index is 1060. The minimum Gasteiger partial charge on any atom is -0.475 e. The fourth-order valence-corrected chi connectivity index (χ4v) is 4.55. The first-order valence-electron chi connectivity index (χ1n) is 12.0. The molecule has 0 spiro atoms. The summed E-state index contributed by atoms with van der Waals surface area (Å²) in [5, 5.41) is 12.0. The van der Waals surface area contributed by atoms with Crippen molar-refractivity contribution in [3.05, 3.63) is 35.9 Å². The summed E-state index contributed by atoms with van der Waals surface area (Å²) in [5.74, 6) is 0.534. The van der Waals surface area contributed by atoms with Crippen LogP contribution in [0.2, 0.25) is 0 Å². The number of nitrogens with zero attached hydrogens (tertiary/aromatic N) is 3. The smallest absolute Gasteiger partial charge is 0.389 e. The molecule has 2 aliphatic rings. The second-order valence-corrected chi connectivity index (χ2v) is 9.10. The number of aryl methyl sites for hydroxylation is 1. The summed E-state index contributed by atoms with van der Waals surface area (Å²) in [6.45, 7) is 4.88. The predicted molar refractivity (Wildman–Crippen MR) is 129 cm³/mol. The van der Waals surface area contributed by atoms with Gasteiger partial charge in [-0.15, -0.1) is 0 Å². The largest absolute Gasteiger partial charge is 0.475 e. The van der Waals surface area contributed by atoms with Gasteiger partial charge in [0, 0.05) is 44.4 Å². The Labute approximate surface area is 208 Å². The number of aliphatic hydroxyl groups excluding tert-OH is 1. The average molecular weight is 509 g/mol. The lowest BCUT2D eigenvalue weighted by Gasteiger charge is -2.28. The zero-order valence-electron chi connectivity index (χ0n) is 20.2. The number of carbonyl (C=O) groups is 1. The van der Waals surface area contributed by atoms with Crippen LogP contribution in [0.4, 0.5) is 29.5 Å². The van der Waals surface area contributed by atoms with Crippen molar-refractivity contribution in [3.8, 4) is 17.0 Å². The van der Waals surface area contributed by atoms with Crippen LogP contribution in [0.5, 0.6) is 5.88 Å². The number of amides is 2. The third kappa shape index (κ3) is 6.79. The molecule has 1 aromatic carbocycles. The minimum absolute atomic E-state index is 0.0862. The third-order valence-electron chi connectivity index (χ3n) is 6.36. The molecule has 2 aromatic rings. The van der Waals surface area contributed by atoms with Gasteiger partial charge in [-0.05, 0) is 54.2 Å². The summed E-state index contributed by atoms with van der Waals surface area (Å²) in [6.07, 6.45) is -4.77. The number of hydrogen-bond donors (Lipinski definition) is 2. The van der Waals surface area contributed by atoms with E-state index in [4.69, 9.17) is 9.47 Å². The Hall–Kier alpha value is -3.05. The van der Waals surface area contributed by atoms with Crippen molar-refractivity contribution in [3.63, 3.8) is 0 Å².